The predicted octanol–water partition coefficient (Wildman–Crippen LogP) is 1.29. The first-order valence-electron chi connectivity index (χ1n) is 9.54. The highest BCUT2D eigenvalue weighted by molar-refractivity contribution is 5.75. The van der Waals surface area contributed by atoms with Crippen molar-refractivity contribution in [2.45, 2.75) is 51.4 Å². The number of ether oxygens (including phenoxy) is 2. The molecule has 0 radical (unpaired) electrons. The third-order valence-corrected chi connectivity index (χ3v) is 5.04. The maximum absolute atomic E-state index is 11.6. The van der Waals surface area contributed by atoms with Crippen LogP contribution in [0.5, 0.6) is 5.75 Å². The van der Waals surface area contributed by atoms with Crippen molar-refractivity contribution in [2.24, 2.45) is 0 Å². The maximum atomic E-state index is 11.6. The molecule has 2 aromatic carbocycles. The summed E-state index contributed by atoms with van der Waals surface area (Å²) in [5, 5.41) is 32.7. The van der Waals surface area contributed by atoms with Crippen molar-refractivity contribution in [3.05, 3.63) is 53.6 Å². The summed E-state index contributed by atoms with van der Waals surface area (Å²) in [6.45, 7) is 4.78. The summed E-state index contributed by atoms with van der Waals surface area (Å²) >= 11 is 0. The fraction of sp³-hybridized carbons (Fsp3) is 0.409. The summed E-state index contributed by atoms with van der Waals surface area (Å²) in [5.41, 5.74) is 3.91. The van der Waals surface area contributed by atoms with Crippen molar-refractivity contribution in [1.82, 2.24) is 5.32 Å². The van der Waals surface area contributed by atoms with Crippen molar-refractivity contribution in [3.8, 4) is 16.9 Å². The molecule has 1 amide bonds. The van der Waals surface area contributed by atoms with Gasteiger partial charge in [0.15, 0.2) is 0 Å². The van der Waals surface area contributed by atoms with Gasteiger partial charge in [0, 0.05) is 12.5 Å². The van der Waals surface area contributed by atoms with Gasteiger partial charge in [0.2, 0.25) is 12.2 Å². The molecule has 1 aliphatic heterocycles. The van der Waals surface area contributed by atoms with Gasteiger partial charge in [-0.3, -0.25) is 4.79 Å². The van der Waals surface area contributed by atoms with Gasteiger partial charge >= 0.3 is 0 Å². The van der Waals surface area contributed by atoms with E-state index in [0.29, 0.717) is 5.75 Å². The van der Waals surface area contributed by atoms with Crippen LogP contribution < -0.4 is 10.1 Å². The SMILES string of the molecule is CC(=O)NC1[C@H](Oc2cccc(C)c2-c2cccc(C)c2)OC(CO)[C@H](O)[C@@H]1O. The van der Waals surface area contributed by atoms with Crippen LogP contribution in [0.25, 0.3) is 11.1 Å². The Morgan fingerprint density at radius 2 is 1.86 bits per heavy atom. The van der Waals surface area contributed by atoms with E-state index < -0.39 is 43.2 Å². The van der Waals surface area contributed by atoms with Crippen molar-refractivity contribution in [2.75, 3.05) is 6.61 Å². The predicted molar refractivity (Wildman–Crippen MR) is 107 cm³/mol. The first kappa shape index (κ1) is 21.3. The lowest BCUT2D eigenvalue weighted by Crippen LogP contribution is -2.65. The molecule has 0 aliphatic carbocycles. The van der Waals surface area contributed by atoms with Crippen LogP contribution in [0.1, 0.15) is 18.1 Å². The van der Waals surface area contributed by atoms with Crippen molar-refractivity contribution in [1.29, 1.82) is 0 Å². The lowest BCUT2D eigenvalue weighted by Gasteiger charge is -2.42. The monoisotopic (exact) mass is 401 g/mol. The van der Waals surface area contributed by atoms with Crippen molar-refractivity contribution < 1.29 is 29.6 Å². The Hall–Kier alpha value is -2.45. The minimum atomic E-state index is -1.36. The molecule has 0 aromatic heterocycles. The van der Waals surface area contributed by atoms with Crippen LogP contribution in [0.15, 0.2) is 42.5 Å². The molecule has 7 nitrogen and oxygen atoms in total. The van der Waals surface area contributed by atoms with E-state index in [1.165, 1.54) is 6.92 Å². The summed E-state index contributed by atoms with van der Waals surface area (Å²) in [4.78, 5) is 11.6. The van der Waals surface area contributed by atoms with Crippen LogP contribution in [0, 0.1) is 13.8 Å². The standard InChI is InChI=1S/C22H27NO6/c1-12-6-4-8-15(10-12)18-13(2)7-5-9-16(18)28-22-19(23-14(3)25)21(27)20(26)17(11-24)29-22/h4-10,17,19-22,24,26-27H,11H2,1-3H3,(H,23,25)/t17?,19?,20-,21+,22+/m0/s1. The van der Waals surface area contributed by atoms with Crippen LogP contribution in [-0.2, 0) is 9.53 Å². The fourth-order valence-corrected chi connectivity index (χ4v) is 3.61. The number of hydrogen-bond donors (Lipinski definition) is 4. The zero-order valence-corrected chi connectivity index (χ0v) is 16.7. The molecule has 2 unspecified atom stereocenters. The van der Waals surface area contributed by atoms with Crippen LogP contribution >= 0.6 is 0 Å². The van der Waals surface area contributed by atoms with Gasteiger partial charge in [-0.1, -0.05) is 42.0 Å². The number of rotatable bonds is 5. The Kier molecular flexibility index (Phi) is 6.54. The summed E-state index contributed by atoms with van der Waals surface area (Å²) in [6, 6.07) is 12.6. The quantitative estimate of drug-likeness (QED) is 0.601. The normalized spacial score (nSPS) is 26.8. The summed E-state index contributed by atoms with van der Waals surface area (Å²) < 4.78 is 11.8. The average Bonchev–Trinajstić information content (AvgIpc) is 2.67. The molecule has 1 heterocycles. The van der Waals surface area contributed by atoms with Gasteiger partial charge in [0.25, 0.3) is 0 Å². The molecular formula is C22H27NO6. The zero-order valence-electron chi connectivity index (χ0n) is 16.7. The highest BCUT2D eigenvalue weighted by atomic mass is 16.7. The third-order valence-electron chi connectivity index (χ3n) is 5.04. The highest BCUT2D eigenvalue weighted by Crippen LogP contribution is 2.35. The van der Waals surface area contributed by atoms with Crippen molar-refractivity contribution >= 4 is 5.91 Å². The number of carbonyl (C=O) groups is 1. The molecule has 5 atom stereocenters. The molecule has 1 saturated heterocycles. The molecule has 0 spiro atoms. The number of carbonyl (C=O) groups excluding carboxylic acids is 1. The molecule has 0 bridgehead atoms. The number of amides is 1. The molecule has 0 saturated carbocycles. The average molecular weight is 401 g/mol. The lowest BCUT2D eigenvalue weighted by molar-refractivity contribution is -0.244. The van der Waals surface area contributed by atoms with Crippen molar-refractivity contribution in [3.63, 3.8) is 0 Å². The van der Waals surface area contributed by atoms with Crippen LogP contribution in [-0.4, -0.2) is 58.5 Å². The highest BCUT2D eigenvalue weighted by Gasteiger charge is 2.46. The molecule has 2 aromatic rings. The first-order valence-corrected chi connectivity index (χ1v) is 9.54. The van der Waals surface area contributed by atoms with E-state index in [2.05, 4.69) is 5.32 Å². The second kappa shape index (κ2) is 8.92. The summed E-state index contributed by atoms with van der Waals surface area (Å²) in [6.07, 6.45) is -4.85. The van der Waals surface area contributed by atoms with E-state index in [1.54, 1.807) is 6.07 Å². The minimum absolute atomic E-state index is 0.399. The number of aliphatic hydroxyl groups excluding tert-OH is 3. The lowest BCUT2D eigenvalue weighted by atomic mass is 9.96. The van der Waals surface area contributed by atoms with E-state index in [0.717, 1.165) is 22.3 Å². The number of benzene rings is 2. The molecule has 7 heteroatoms. The Morgan fingerprint density at radius 3 is 2.52 bits per heavy atom. The second-order valence-corrected chi connectivity index (χ2v) is 7.37. The maximum Gasteiger partial charge on any atom is 0.223 e. The Labute approximate surface area is 169 Å². The number of aliphatic hydroxyl groups is 3. The second-order valence-electron chi connectivity index (χ2n) is 7.37. The number of hydrogen-bond acceptors (Lipinski definition) is 6. The smallest absolute Gasteiger partial charge is 0.223 e. The zero-order chi connectivity index (χ0) is 21.1. The minimum Gasteiger partial charge on any atom is -0.462 e. The Bertz CT molecular complexity index is 870. The molecule has 29 heavy (non-hydrogen) atoms. The Morgan fingerprint density at radius 1 is 1.14 bits per heavy atom. The molecule has 1 aliphatic rings. The van der Waals surface area contributed by atoms with E-state index in [-0.39, 0.29) is 0 Å². The third kappa shape index (κ3) is 4.59. The number of nitrogens with one attached hydrogen (secondary N) is 1. The topological polar surface area (TPSA) is 108 Å². The first-order chi connectivity index (χ1) is 13.8. The Balaban J connectivity index is 1.98. The molecule has 156 valence electrons. The van der Waals surface area contributed by atoms with Gasteiger partial charge in [-0.05, 0) is 31.0 Å². The summed E-state index contributed by atoms with van der Waals surface area (Å²) in [5.74, 6) is 0.111. The van der Waals surface area contributed by atoms with Crippen LogP contribution in [0.2, 0.25) is 0 Å². The molecule has 1 fully saturated rings. The van der Waals surface area contributed by atoms with E-state index >= 15 is 0 Å². The fourth-order valence-electron chi connectivity index (χ4n) is 3.61. The number of aryl methyl sites for hydroxylation is 2. The van der Waals surface area contributed by atoms with E-state index in [9.17, 15) is 20.1 Å². The summed E-state index contributed by atoms with van der Waals surface area (Å²) in [7, 11) is 0. The largest absolute Gasteiger partial charge is 0.462 e. The van der Waals surface area contributed by atoms with Gasteiger partial charge in [0.1, 0.15) is 30.1 Å². The molecular weight excluding hydrogens is 374 g/mol. The van der Waals surface area contributed by atoms with Crippen LogP contribution in [0.3, 0.4) is 0 Å². The van der Waals surface area contributed by atoms with Crippen LogP contribution in [0.4, 0.5) is 0 Å². The van der Waals surface area contributed by atoms with Gasteiger partial charge < -0.3 is 30.1 Å². The van der Waals surface area contributed by atoms with E-state index in [1.807, 2.05) is 50.2 Å². The van der Waals surface area contributed by atoms with E-state index in [4.69, 9.17) is 9.47 Å². The molecule has 3 rings (SSSR count). The van der Waals surface area contributed by atoms with Gasteiger partial charge in [-0.2, -0.15) is 0 Å². The molecule has 4 N–H and O–H groups in total. The van der Waals surface area contributed by atoms with Gasteiger partial charge in [-0.25, -0.2) is 0 Å². The van der Waals surface area contributed by atoms with Gasteiger partial charge in [-0.15, -0.1) is 0 Å². The van der Waals surface area contributed by atoms with Gasteiger partial charge in [0.05, 0.1) is 6.61 Å².